The minimum absolute atomic E-state index is 0.0534. The molecule has 0 unspecified atom stereocenters. The molecule has 1 atom stereocenters. The first-order chi connectivity index (χ1) is 15.3. The fourth-order valence-electron chi connectivity index (χ4n) is 4.38. The highest BCUT2D eigenvalue weighted by atomic mass is 19.1. The van der Waals surface area contributed by atoms with E-state index in [1.807, 2.05) is 20.8 Å². The Balaban J connectivity index is 1.25. The molecule has 2 saturated heterocycles. The summed E-state index contributed by atoms with van der Waals surface area (Å²) in [4.78, 5) is 23.6. The molecule has 2 aromatic heterocycles. The molecular weight excluding hydrogens is 413 g/mol. The molecule has 0 bridgehead atoms. The molecule has 9 heteroatoms. The smallest absolute Gasteiger partial charge is 0.319 e. The largest absolute Gasteiger partial charge is 0.459 e. The number of anilines is 2. The second-order valence-electron chi connectivity index (χ2n) is 9.17. The highest BCUT2D eigenvalue weighted by molar-refractivity contribution is 5.89. The maximum Gasteiger partial charge on any atom is 0.319 e. The third-order valence-electron chi connectivity index (χ3n) is 6.22. The van der Waals surface area contributed by atoms with Crippen molar-refractivity contribution in [3.63, 3.8) is 0 Å². The van der Waals surface area contributed by atoms with Gasteiger partial charge in [-0.05, 0) is 31.0 Å². The number of rotatable bonds is 5. The van der Waals surface area contributed by atoms with Gasteiger partial charge in [-0.1, -0.05) is 13.8 Å². The van der Waals surface area contributed by atoms with Gasteiger partial charge < -0.3 is 24.7 Å². The van der Waals surface area contributed by atoms with Crippen LogP contribution >= 0.6 is 0 Å². The number of ether oxygens (including phenoxy) is 1. The van der Waals surface area contributed by atoms with Crippen LogP contribution in [0.25, 0.3) is 11.0 Å². The molecule has 2 aliphatic heterocycles. The van der Waals surface area contributed by atoms with E-state index in [-0.39, 0.29) is 29.2 Å². The highest BCUT2D eigenvalue weighted by Crippen LogP contribution is 2.39. The average molecular weight is 439 g/mol. The molecule has 4 heterocycles. The molecule has 2 N–H and O–H groups in total. The Bertz CT molecular complexity index is 1150. The van der Waals surface area contributed by atoms with Crippen molar-refractivity contribution in [1.29, 1.82) is 0 Å². The van der Waals surface area contributed by atoms with Crippen LogP contribution in [0.15, 0.2) is 35.0 Å². The summed E-state index contributed by atoms with van der Waals surface area (Å²) < 4.78 is 24.9. The summed E-state index contributed by atoms with van der Waals surface area (Å²) in [7, 11) is 0. The summed E-state index contributed by atoms with van der Waals surface area (Å²) in [6.07, 6.45) is 3.20. The first kappa shape index (κ1) is 20.7. The van der Waals surface area contributed by atoms with Gasteiger partial charge in [0.15, 0.2) is 0 Å². The van der Waals surface area contributed by atoms with Gasteiger partial charge in [0.2, 0.25) is 5.95 Å². The predicted molar refractivity (Wildman–Crippen MR) is 118 cm³/mol. The van der Waals surface area contributed by atoms with Crippen molar-refractivity contribution >= 4 is 28.6 Å². The van der Waals surface area contributed by atoms with Crippen LogP contribution in [0.2, 0.25) is 0 Å². The molecule has 3 aromatic rings. The SMILES string of the molecule is Cc1c([C@H](NC(=O)Nc2cnc(N3CC4(COC4)C3)nc2)C(C)C)oc2ccc(F)cc12. The molecule has 1 aromatic carbocycles. The Morgan fingerprint density at radius 1 is 1.22 bits per heavy atom. The Morgan fingerprint density at radius 2 is 1.94 bits per heavy atom. The van der Waals surface area contributed by atoms with E-state index in [0.29, 0.717) is 28.4 Å². The van der Waals surface area contributed by atoms with Gasteiger partial charge in [0, 0.05) is 24.0 Å². The van der Waals surface area contributed by atoms with E-state index in [0.717, 1.165) is 31.9 Å². The Labute approximate surface area is 185 Å². The highest BCUT2D eigenvalue weighted by Gasteiger charge is 2.49. The second kappa shape index (κ2) is 7.74. The second-order valence-corrected chi connectivity index (χ2v) is 9.17. The lowest BCUT2D eigenvalue weighted by Crippen LogP contribution is -2.66. The van der Waals surface area contributed by atoms with Crippen LogP contribution in [-0.2, 0) is 4.74 Å². The van der Waals surface area contributed by atoms with Crippen LogP contribution in [0.1, 0.15) is 31.2 Å². The number of nitrogens with one attached hydrogen (secondary N) is 2. The summed E-state index contributed by atoms with van der Waals surface area (Å²) in [6.45, 7) is 9.26. The lowest BCUT2D eigenvalue weighted by molar-refractivity contribution is -0.127. The Morgan fingerprint density at radius 3 is 2.56 bits per heavy atom. The van der Waals surface area contributed by atoms with Gasteiger partial charge in [-0.2, -0.15) is 0 Å². The lowest BCUT2D eigenvalue weighted by atomic mass is 9.78. The van der Waals surface area contributed by atoms with Crippen LogP contribution in [0.4, 0.5) is 20.8 Å². The fourth-order valence-corrected chi connectivity index (χ4v) is 4.38. The van der Waals surface area contributed by atoms with Gasteiger partial charge in [-0.15, -0.1) is 0 Å². The zero-order valence-corrected chi connectivity index (χ0v) is 18.3. The summed E-state index contributed by atoms with van der Waals surface area (Å²) in [5.41, 5.74) is 2.19. The molecule has 2 amide bonds. The van der Waals surface area contributed by atoms with Crippen molar-refractivity contribution in [3.8, 4) is 0 Å². The van der Waals surface area contributed by atoms with Crippen LogP contribution in [0.5, 0.6) is 0 Å². The van der Waals surface area contributed by atoms with E-state index in [2.05, 4.69) is 25.5 Å². The standard InChI is InChI=1S/C23H26FN5O3/c1-13(2)19(20-14(3)17-6-15(24)4-5-18(17)32-20)28-22(30)27-16-7-25-21(26-8-16)29-9-23(10-29)11-31-12-23/h4-8,13,19H,9-12H2,1-3H3,(H2,27,28,30)/t19-/m1/s1. The molecule has 2 fully saturated rings. The molecule has 2 aliphatic rings. The lowest BCUT2D eigenvalue weighted by Gasteiger charge is -2.54. The molecular formula is C23H26FN5O3. The Kier molecular flexibility index (Phi) is 5.00. The maximum absolute atomic E-state index is 13.7. The summed E-state index contributed by atoms with van der Waals surface area (Å²) in [6, 6.07) is 3.65. The zero-order chi connectivity index (χ0) is 22.5. The van der Waals surface area contributed by atoms with Crippen molar-refractivity contribution in [1.82, 2.24) is 15.3 Å². The van der Waals surface area contributed by atoms with Crippen LogP contribution in [0.3, 0.4) is 0 Å². The van der Waals surface area contributed by atoms with Gasteiger partial charge in [-0.25, -0.2) is 19.2 Å². The van der Waals surface area contributed by atoms with Crippen LogP contribution in [-0.4, -0.2) is 42.3 Å². The summed E-state index contributed by atoms with van der Waals surface area (Å²) >= 11 is 0. The number of benzene rings is 1. The minimum Gasteiger partial charge on any atom is -0.459 e. The number of aromatic nitrogens is 2. The van der Waals surface area contributed by atoms with E-state index in [4.69, 9.17) is 9.15 Å². The van der Waals surface area contributed by atoms with Gasteiger partial charge in [0.1, 0.15) is 17.2 Å². The third kappa shape index (κ3) is 3.66. The number of carbonyl (C=O) groups excluding carboxylic acids is 1. The topological polar surface area (TPSA) is 92.5 Å². The van der Waals surface area contributed by atoms with Gasteiger partial charge in [-0.3, -0.25) is 0 Å². The van der Waals surface area contributed by atoms with E-state index in [9.17, 15) is 9.18 Å². The number of hydrogen-bond acceptors (Lipinski definition) is 6. The molecule has 0 radical (unpaired) electrons. The number of carbonyl (C=O) groups is 1. The monoisotopic (exact) mass is 439 g/mol. The van der Waals surface area contributed by atoms with E-state index >= 15 is 0 Å². The van der Waals surface area contributed by atoms with Crippen molar-refractivity contribution in [2.75, 3.05) is 36.5 Å². The number of nitrogens with zero attached hydrogens (tertiary/aromatic N) is 3. The number of amides is 2. The van der Waals surface area contributed by atoms with Crippen molar-refractivity contribution in [2.45, 2.75) is 26.8 Å². The van der Waals surface area contributed by atoms with E-state index < -0.39 is 0 Å². The average Bonchev–Trinajstić information content (AvgIpc) is 3.01. The maximum atomic E-state index is 13.7. The van der Waals surface area contributed by atoms with E-state index in [1.54, 1.807) is 18.5 Å². The number of halogens is 1. The van der Waals surface area contributed by atoms with Crippen LogP contribution < -0.4 is 15.5 Å². The molecule has 1 spiro atoms. The van der Waals surface area contributed by atoms with Gasteiger partial charge in [0.05, 0.1) is 42.8 Å². The van der Waals surface area contributed by atoms with Crippen molar-refractivity contribution < 1.29 is 18.3 Å². The van der Waals surface area contributed by atoms with Gasteiger partial charge >= 0.3 is 6.03 Å². The first-order valence-corrected chi connectivity index (χ1v) is 10.7. The predicted octanol–water partition coefficient (Wildman–Crippen LogP) is 4.03. The third-order valence-corrected chi connectivity index (χ3v) is 6.22. The van der Waals surface area contributed by atoms with Gasteiger partial charge in [0.25, 0.3) is 0 Å². The first-order valence-electron chi connectivity index (χ1n) is 10.7. The number of aryl methyl sites for hydroxylation is 1. The molecule has 5 rings (SSSR count). The molecule has 0 saturated carbocycles. The molecule has 0 aliphatic carbocycles. The Hall–Kier alpha value is -3.20. The van der Waals surface area contributed by atoms with Crippen molar-refractivity contribution in [3.05, 3.63) is 47.7 Å². The van der Waals surface area contributed by atoms with E-state index in [1.165, 1.54) is 12.1 Å². The number of hydrogen-bond donors (Lipinski definition) is 2. The van der Waals surface area contributed by atoms with Crippen molar-refractivity contribution in [2.24, 2.45) is 11.3 Å². The molecule has 32 heavy (non-hydrogen) atoms. The molecule has 168 valence electrons. The van der Waals surface area contributed by atoms with Crippen LogP contribution in [0, 0.1) is 24.1 Å². The minimum atomic E-state index is -0.388. The molecule has 8 nitrogen and oxygen atoms in total. The quantitative estimate of drug-likeness (QED) is 0.624. The summed E-state index contributed by atoms with van der Waals surface area (Å²) in [5.74, 6) is 1.00. The number of furan rings is 1. The number of fused-ring (bicyclic) bond motifs is 1. The normalized spacial score (nSPS) is 17.8. The zero-order valence-electron chi connectivity index (χ0n) is 18.3. The summed E-state index contributed by atoms with van der Waals surface area (Å²) in [5, 5.41) is 6.46. The fraction of sp³-hybridized carbons (Fsp3) is 0.435. The number of urea groups is 1.